The van der Waals surface area contributed by atoms with Gasteiger partial charge in [0.1, 0.15) is 0 Å². The molecule has 0 radical (unpaired) electrons. The Bertz CT molecular complexity index is 670. The number of hydrogen-bond acceptors (Lipinski definition) is 7. The minimum atomic E-state index is 0.752. The van der Waals surface area contributed by atoms with Crippen molar-refractivity contribution in [1.82, 2.24) is 26.3 Å². The van der Waals surface area contributed by atoms with Gasteiger partial charge in [-0.15, -0.1) is 0 Å². The summed E-state index contributed by atoms with van der Waals surface area (Å²) in [6, 6.07) is 11.0. The molecule has 2 rings (SSSR count). The topological polar surface area (TPSA) is 113 Å². The van der Waals surface area contributed by atoms with Crippen LogP contribution in [-0.4, -0.2) is 57.3 Å². The molecule has 1 aromatic heterocycles. The Morgan fingerprint density at radius 2 is 1.03 bits per heavy atom. The second kappa shape index (κ2) is 17.7. The van der Waals surface area contributed by atoms with Gasteiger partial charge in [-0.3, -0.25) is 4.98 Å². The average Bonchev–Trinajstić information content (AvgIpc) is 2.83. The third-order valence-electron chi connectivity index (χ3n) is 5.25. The molecule has 0 spiro atoms. The number of benzene rings is 1. The van der Waals surface area contributed by atoms with Crippen molar-refractivity contribution in [3.8, 4) is 11.1 Å². The van der Waals surface area contributed by atoms with Crippen molar-refractivity contribution >= 4 is 0 Å². The molecule has 0 atom stereocenters. The van der Waals surface area contributed by atoms with Gasteiger partial charge in [0.2, 0.25) is 0 Å². The molecule has 2 aromatic rings. The van der Waals surface area contributed by atoms with Crippen LogP contribution in [-0.2, 0) is 13.1 Å². The number of nitrogens with two attached hydrogens (primary N) is 2. The standard InChI is InChI=1S/C25H43N7/c26-7-1-9-28-11-3-13-31-20-22-17-23(21-32-14-4-12-29-10-2-8-27)19-25(18-22)24-5-15-30-16-6-24/h5-6,15-19,28-29,31-32H,1-4,7-14,20-21,26-27H2. The highest BCUT2D eigenvalue weighted by atomic mass is 14.9. The maximum atomic E-state index is 5.52. The van der Waals surface area contributed by atoms with Crippen LogP contribution in [0.15, 0.2) is 42.7 Å². The summed E-state index contributed by atoms with van der Waals surface area (Å²) in [4.78, 5) is 4.16. The highest BCUT2D eigenvalue weighted by molar-refractivity contribution is 5.64. The zero-order valence-electron chi connectivity index (χ0n) is 19.5. The Labute approximate surface area is 194 Å². The SMILES string of the molecule is NCCCNCCCNCc1cc(CNCCCNCCCN)cc(-c2ccncc2)c1. The molecular weight excluding hydrogens is 398 g/mol. The van der Waals surface area contributed by atoms with Crippen LogP contribution < -0.4 is 32.7 Å². The minimum Gasteiger partial charge on any atom is -0.330 e. The summed E-state index contributed by atoms with van der Waals surface area (Å²) < 4.78 is 0. The van der Waals surface area contributed by atoms with Gasteiger partial charge in [0.05, 0.1) is 0 Å². The maximum absolute atomic E-state index is 5.52. The molecule has 0 aliphatic heterocycles. The van der Waals surface area contributed by atoms with Crippen LogP contribution in [0.4, 0.5) is 0 Å². The Balaban J connectivity index is 1.81. The van der Waals surface area contributed by atoms with Gasteiger partial charge >= 0.3 is 0 Å². The first-order valence-corrected chi connectivity index (χ1v) is 12.1. The quantitative estimate of drug-likeness (QED) is 0.184. The Hall–Kier alpha value is -1.87. The van der Waals surface area contributed by atoms with Crippen LogP contribution in [0.1, 0.15) is 36.8 Å². The molecule has 0 fully saturated rings. The molecule has 0 saturated carbocycles. The number of pyridine rings is 1. The first-order valence-electron chi connectivity index (χ1n) is 12.1. The van der Waals surface area contributed by atoms with Crippen LogP contribution in [0.3, 0.4) is 0 Å². The van der Waals surface area contributed by atoms with Crippen molar-refractivity contribution < 1.29 is 0 Å². The highest BCUT2D eigenvalue weighted by Crippen LogP contribution is 2.22. The smallest absolute Gasteiger partial charge is 0.0273 e. The first kappa shape index (κ1) is 26.4. The molecule has 32 heavy (non-hydrogen) atoms. The summed E-state index contributed by atoms with van der Waals surface area (Å²) in [7, 11) is 0. The predicted octanol–water partition coefficient (Wildman–Crippen LogP) is 1.58. The van der Waals surface area contributed by atoms with Gasteiger partial charge < -0.3 is 32.7 Å². The highest BCUT2D eigenvalue weighted by Gasteiger charge is 2.04. The van der Waals surface area contributed by atoms with Gasteiger partial charge in [-0.1, -0.05) is 6.07 Å². The Morgan fingerprint density at radius 3 is 1.53 bits per heavy atom. The summed E-state index contributed by atoms with van der Waals surface area (Å²) >= 11 is 0. The van der Waals surface area contributed by atoms with E-state index in [4.69, 9.17) is 11.5 Å². The molecule has 7 nitrogen and oxygen atoms in total. The average molecular weight is 442 g/mol. The van der Waals surface area contributed by atoms with E-state index in [0.29, 0.717) is 0 Å². The monoisotopic (exact) mass is 441 g/mol. The summed E-state index contributed by atoms with van der Waals surface area (Å²) in [5, 5.41) is 14.0. The summed E-state index contributed by atoms with van der Waals surface area (Å²) in [6.07, 6.45) is 8.01. The molecule has 8 N–H and O–H groups in total. The van der Waals surface area contributed by atoms with Crippen LogP contribution in [0, 0.1) is 0 Å². The molecular formula is C25H43N7. The van der Waals surface area contributed by atoms with E-state index in [1.54, 1.807) is 0 Å². The predicted molar refractivity (Wildman–Crippen MR) is 135 cm³/mol. The minimum absolute atomic E-state index is 0.752. The zero-order chi connectivity index (χ0) is 22.7. The molecule has 1 aromatic carbocycles. The van der Waals surface area contributed by atoms with Gasteiger partial charge in [-0.2, -0.15) is 0 Å². The summed E-state index contributed by atoms with van der Waals surface area (Å²) in [5.41, 5.74) is 16.1. The molecule has 0 saturated heterocycles. The molecule has 0 aliphatic rings. The number of rotatable bonds is 19. The van der Waals surface area contributed by atoms with Gasteiger partial charge in [0, 0.05) is 25.5 Å². The van der Waals surface area contributed by atoms with Crippen LogP contribution in [0.5, 0.6) is 0 Å². The fourth-order valence-electron chi connectivity index (χ4n) is 3.52. The second-order valence-corrected chi connectivity index (χ2v) is 8.12. The van der Waals surface area contributed by atoms with Gasteiger partial charge in [0.15, 0.2) is 0 Å². The lowest BCUT2D eigenvalue weighted by atomic mass is 10.00. The van der Waals surface area contributed by atoms with Crippen molar-refractivity contribution in [3.05, 3.63) is 53.9 Å². The van der Waals surface area contributed by atoms with Crippen LogP contribution in [0.2, 0.25) is 0 Å². The molecule has 178 valence electrons. The molecule has 0 unspecified atom stereocenters. The number of nitrogens with one attached hydrogen (secondary N) is 4. The van der Waals surface area contributed by atoms with E-state index in [-0.39, 0.29) is 0 Å². The van der Waals surface area contributed by atoms with E-state index in [9.17, 15) is 0 Å². The van der Waals surface area contributed by atoms with E-state index in [1.807, 2.05) is 12.4 Å². The molecule has 0 aliphatic carbocycles. The lowest BCUT2D eigenvalue weighted by molar-refractivity contribution is 0.583. The summed E-state index contributed by atoms with van der Waals surface area (Å²) in [5.74, 6) is 0. The normalized spacial score (nSPS) is 11.2. The second-order valence-electron chi connectivity index (χ2n) is 8.12. The number of hydrogen-bond donors (Lipinski definition) is 6. The van der Waals surface area contributed by atoms with Gasteiger partial charge in [-0.25, -0.2) is 0 Å². The fourth-order valence-corrected chi connectivity index (χ4v) is 3.52. The van der Waals surface area contributed by atoms with Crippen molar-refractivity contribution in [3.63, 3.8) is 0 Å². The van der Waals surface area contributed by atoms with Gasteiger partial charge in [0.25, 0.3) is 0 Å². The molecule has 7 heteroatoms. The first-order chi connectivity index (χ1) is 15.8. The zero-order valence-corrected chi connectivity index (χ0v) is 19.5. The van der Waals surface area contributed by atoms with Crippen LogP contribution in [0.25, 0.3) is 11.1 Å². The van der Waals surface area contributed by atoms with Crippen molar-refractivity contribution in [1.29, 1.82) is 0 Å². The third kappa shape index (κ3) is 11.7. The molecule has 1 heterocycles. The fraction of sp³-hybridized carbons (Fsp3) is 0.560. The summed E-state index contributed by atoms with van der Waals surface area (Å²) in [6.45, 7) is 9.32. The van der Waals surface area contributed by atoms with E-state index in [1.165, 1.54) is 22.3 Å². The number of nitrogens with zero attached hydrogens (tertiary/aromatic N) is 1. The van der Waals surface area contributed by atoms with Crippen molar-refractivity contribution in [2.75, 3.05) is 52.4 Å². The van der Waals surface area contributed by atoms with E-state index >= 15 is 0 Å². The third-order valence-corrected chi connectivity index (χ3v) is 5.25. The molecule has 0 amide bonds. The Kier molecular flexibility index (Phi) is 14.6. The van der Waals surface area contributed by atoms with Crippen LogP contribution >= 0.6 is 0 Å². The van der Waals surface area contributed by atoms with Gasteiger partial charge in [-0.05, 0) is 125 Å². The Morgan fingerprint density at radius 1 is 0.562 bits per heavy atom. The van der Waals surface area contributed by atoms with Crippen molar-refractivity contribution in [2.24, 2.45) is 11.5 Å². The van der Waals surface area contributed by atoms with E-state index in [2.05, 4.69) is 56.6 Å². The maximum Gasteiger partial charge on any atom is 0.0273 e. The lowest BCUT2D eigenvalue weighted by Crippen LogP contribution is -2.24. The lowest BCUT2D eigenvalue weighted by Gasteiger charge is -2.12. The van der Waals surface area contributed by atoms with E-state index < -0.39 is 0 Å². The van der Waals surface area contributed by atoms with E-state index in [0.717, 1.165) is 91.1 Å². The van der Waals surface area contributed by atoms with Crippen molar-refractivity contribution in [2.45, 2.75) is 38.8 Å². The largest absolute Gasteiger partial charge is 0.330 e. The number of aromatic nitrogens is 1. The molecule has 0 bridgehead atoms.